The van der Waals surface area contributed by atoms with E-state index < -0.39 is 21.2 Å². The maximum atomic E-state index is 12.8. The van der Waals surface area contributed by atoms with Gasteiger partial charge in [0.05, 0.1) is 11.1 Å². The van der Waals surface area contributed by atoms with Crippen molar-refractivity contribution in [1.29, 1.82) is 0 Å². The summed E-state index contributed by atoms with van der Waals surface area (Å²) >= 11 is 3.56. The predicted octanol–water partition coefficient (Wildman–Crippen LogP) is 4.00. The van der Waals surface area contributed by atoms with Gasteiger partial charge in [0.15, 0.2) is 10.8 Å². The molecule has 2 aliphatic rings. The Morgan fingerprint density at radius 3 is 2.83 bits per heavy atom. The molecule has 0 N–H and O–H groups in total. The van der Waals surface area contributed by atoms with Gasteiger partial charge in [-0.3, -0.25) is 0 Å². The number of nitrogens with zero attached hydrogens (tertiary/aromatic N) is 2. The Kier molecular flexibility index (Phi) is 6.13. The van der Waals surface area contributed by atoms with Crippen LogP contribution >= 0.6 is 15.9 Å². The van der Waals surface area contributed by atoms with Gasteiger partial charge in [-0.15, -0.1) is 0 Å². The zero-order valence-corrected chi connectivity index (χ0v) is 18.8. The van der Waals surface area contributed by atoms with Crippen molar-refractivity contribution in [3.8, 4) is 11.5 Å². The van der Waals surface area contributed by atoms with Crippen molar-refractivity contribution in [1.82, 2.24) is 9.88 Å². The zero-order valence-electron chi connectivity index (χ0n) is 16.4. The molecule has 1 saturated heterocycles. The third kappa shape index (κ3) is 4.29. The lowest BCUT2D eigenvalue weighted by atomic mass is 10.1. The third-order valence-corrected chi connectivity index (χ3v) is 8.23. The molecule has 1 fully saturated rings. The van der Waals surface area contributed by atoms with Gasteiger partial charge in [-0.2, -0.15) is 0 Å². The third-order valence-electron chi connectivity index (χ3n) is 5.53. The van der Waals surface area contributed by atoms with E-state index in [1.165, 1.54) is 32.1 Å². The average Bonchev–Trinajstić information content (AvgIpc) is 3.23. The minimum absolute atomic E-state index is 0.0146. The smallest absolute Gasteiger partial charge is 0.205 e. The van der Waals surface area contributed by atoms with Crippen molar-refractivity contribution in [3.05, 3.63) is 46.6 Å². The number of fused-ring (bicyclic) bond motifs is 1. The lowest BCUT2D eigenvalue weighted by molar-refractivity contribution is 0.186. The topological polar surface area (TPSA) is 68.7 Å². The molecule has 0 spiro atoms. The van der Waals surface area contributed by atoms with Crippen LogP contribution in [0.2, 0.25) is 0 Å². The average molecular weight is 481 g/mol. The minimum Gasteiger partial charge on any atom is -0.492 e. The SMILES string of the molecule is CC1C(c2ccc(OCCCN3CCCC3)c(Br)c2)Oc2cccnc2S1(=O)=O. The van der Waals surface area contributed by atoms with E-state index in [9.17, 15) is 8.42 Å². The number of likely N-dealkylation sites (tertiary alicyclic amines) is 1. The second-order valence-electron chi connectivity index (χ2n) is 7.54. The van der Waals surface area contributed by atoms with Crippen molar-refractivity contribution in [2.75, 3.05) is 26.2 Å². The fourth-order valence-corrected chi connectivity index (χ4v) is 5.88. The number of ether oxygens (including phenoxy) is 2. The Balaban J connectivity index is 1.45. The molecule has 0 saturated carbocycles. The number of benzene rings is 1. The first-order valence-electron chi connectivity index (χ1n) is 9.97. The summed E-state index contributed by atoms with van der Waals surface area (Å²) in [6, 6.07) is 8.95. The van der Waals surface area contributed by atoms with Crippen LogP contribution < -0.4 is 9.47 Å². The highest BCUT2D eigenvalue weighted by molar-refractivity contribution is 9.10. The van der Waals surface area contributed by atoms with Crippen LogP contribution in [0.5, 0.6) is 11.5 Å². The van der Waals surface area contributed by atoms with E-state index in [1.54, 1.807) is 19.1 Å². The summed E-state index contributed by atoms with van der Waals surface area (Å²) in [5, 5.41) is -0.718. The van der Waals surface area contributed by atoms with Gasteiger partial charge in [0.1, 0.15) is 17.1 Å². The van der Waals surface area contributed by atoms with Crippen LogP contribution in [0.3, 0.4) is 0 Å². The normalized spacial score (nSPS) is 23.4. The number of hydrogen-bond acceptors (Lipinski definition) is 6. The van der Waals surface area contributed by atoms with Crippen molar-refractivity contribution in [2.45, 2.75) is 42.6 Å². The molecule has 1 aromatic carbocycles. The molecular formula is C21H25BrN2O4S. The summed E-state index contributed by atoms with van der Waals surface area (Å²) in [4.78, 5) is 6.48. The van der Waals surface area contributed by atoms with E-state index >= 15 is 0 Å². The molecule has 4 rings (SSSR count). The summed E-state index contributed by atoms with van der Waals surface area (Å²) in [5.74, 6) is 1.05. The lowest BCUT2D eigenvalue weighted by Gasteiger charge is -2.31. The Morgan fingerprint density at radius 2 is 2.07 bits per heavy atom. The number of pyridine rings is 1. The largest absolute Gasteiger partial charge is 0.492 e. The van der Waals surface area contributed by atoms with E-state index in [-0.39, 0.29) is 5.03 Å². The molecule has 156 valence electrons. The van der Waals surface area contributed by atoms with E-state index in [0.717, 1.165) is 28.8 Å². The molecule has 8 heteroatoms. The molecule has 0 amide bonds. The van der Waals surface area contributed by atoms with Crippen molar-refractivity contribution in [2.24, 2.45) is 0 Å². The predicted molar refractivity (Wildman–Crippen MR) is 114 cm³/mol. The maximum Gasteiger partial charge on any atom is 0.205 e. The monoisotopic (exact) mass is 480 g/mol. The number of hydrogen-bond donors (Lipinski definition) is 0. The first-order chi connectivity index (χ1) is 14.0. The van der Waals surface area contributed by atoms with Crippen LogP contribution in [-0.4, -0.2) is 49.8 Å². The molecule has 0 radical (unpaired) electrons. The highest BCUT2D eigenvalue weighted by Crippen LogP contribution is 2.41. The number of rotatable bonds is 6. The van der Waals surface area contributed by atoms with Gasteiger partial charge in [0.2, 0.25) is 9.84 Å². The van der Waals surface area contributed by atoms with E-state index in [4.69, 9.17) is 9.47 Å². The van der Waals surface area contributed by atoms with Crippen LogP contribution in [0, 0.1) is 0 Å². The van der Waals surface area contributed by atoms with Gasteiger partial charge in [-0.05, 0) is 85.0 Å². The van der Waals surface area contributed by atoms with E-state index in [2.05, 4.69) is 25.8 Å². The summed E-state index contributed by atoms with van der Waals surface area (Å²) in [5.41, 5.74) is 0.784. The van der Waals surface area contributed by atoms with Gasteiger partial charge in [-0.25, -0.2) is 13.4 Å². The van der Waals surface area contributed by atoms with Crippen molar-refractivity contribution >= 4 is 25.8 Å². The zero-order chi connectivity index (χ0) is 20.4. The fraction of sp³-hybridized carbons (Fsp3) is 0.476. The van der Waals surface area contributed by atoms with Crippen LogP contribution in [0.4, 0.5) is 0 Å². The van der Waals surface area contributed by atoms with Gasteiger partial charge in [0.25, 0.3) is 0 Å². The molecule has 1 aromatic heterocycles. The van der Waals surface area contributed by atoms with Crippen molar-refractivity contribution in [3.63, 3.8) is 0 Å². The van der Waals surface area contributed by atoms with Gasteiger partial charge in [0, 0.05) is 12.7 Å². The Bertz CT molecular complexity index is 976. The number of sulfone groups is 1. The van der Waals surface area contributed by atoms with Crippen LogP contribution in [0.1, 0.15) is 37.9 Å². The quantitative estimate of drug-likeness (QED) is 0.581. The highest BCUT2D eigenvalue weighted by Gasteiger charge is 2.41. The second-order valence-corrected chi connectivity index (χ2v) is 10.6. The highest BCUT2D eigenvalue weighted by atomic mass is 79.9. The summed E-state index contributed by atoms with van der Waals surface area (Å²) in [7, 11) is -3.55. The maximum absolute atomic E-state index is 12.8. The molecule has 0 aliphatic carbocycles. The summed E-state index contributed by atoms with van der Waals surface area (Å²) in [6.45, 7) is 5.76. The Labute approximate surface area is 180 Å². The number of aromatic nitrogens is 1. The van der Waals surface area contributed by atoms with E-state index in [0.29, 0.717) is 12.4 Å². The molecule has 2 aliphatic heterocycles. The second kappa shape index (κ2) is 8.62. The lowest BCUT2D eigenvalue weighted by Crippen LogP contribution is -2.34. The Morgan fingerprint density at radius 1 is 1.28 bits per heavy atom. The molecule has 2 atom stereocenters. The first kappa shape index (κ1) is 20.6. The molecule has 3 heterocycles. The Hall–Kier alpha value is -1.64. The summed E-state index contributed by atoms with van der Waals surface area (Å²) < 4.78 is 38.4. The van der Waals surface area contributed by atoms with Crippen LogP contribution in [0.15, 0.2) is 46.0 Å². The van der Waals surface area contributed by atoms with E-state index in [1.807, 2.05) is 18.2 Å². The van der Waals surface area contributed by atoms with Gasteiger partial charge < -0.3 is 14.4 Å². The van der Waals surface area contributed by atoms with Gasteiger partial charge >= 0.3 is 0 Å². The molecule has 29 heavy (non-hydrogen) atoms. The molecule has 2 unspecified atom stereocenters. The first-order valence-corrected chi connectivity index (χ1v) is 12.3. The molecule has 2 aromatic rings. The van der Waals surface area contributed by atoms with Crippen LogP contribution in [-0.2, 0) is 9.84 Å². The molecular weight excluding hydrogens is 456 g/mol. The fourth-order valence-electron chi connectivity index (χ4n) is 3.88. The molecule has 6 nitrogen and oxygen atoms in total. The standard InChI is InChI=1S/C21H25BrN2O4S/c1-15-20(28-19-6-4-9-23-21(19)29(15,25)26)16-7-8-18(17(22)14-16)27-13-5-12-24-10-2-3-11-24/h4,6-9,14-15,20H,2-3,5,10-13H2,1H3. The van der Waals surface area contributed by atoms with Crippen molar-refractivity contribution < 1.29 is 17.9 Å². The summed E-state index contributed by atoms with van der Waals surface area (Å²) in [6.07, 6.45) is 4.45. The van der Waals surface area contributed by atoms with Crippen LogP contribution in [0.25, 0.3) is 0 Å². The number of halogens is 1. The molecule has 0 bridgehead atoms. The van der Waals surface area contributed by atoms with Gasteiger partial charge in [-0.1, -0.05) is 6.07 Å². The minimum atomic E-state index is -3.55.